The number of aromatic nitrogens is 5. The van der Waals surface area contributed by atoms with Gasteiger partial charge in [-0.3, -0.25) is 0 Å². The maximum absolute atomic E-state index is 9.40. The highest BCUT2D eigenvalue weighted by Gasteiger charge is 2.30. The highest BCUT2D eigenvalue weighted by molar-refractivity contribution is 5.93. The first-order chi connectivity index (χ1) is 12.7. The number of H-pyrrole nitrogens is 1. The van der Waals surface area contributed by atoms with Crippen molar-refractivity contribution in [2.24, 2.45) is 5.92 Å². The van der Waals surface area contributed by atoms with Gasteiger partial charge in [0, 0.05) is 25.7 Å². The Balaban J connectivity index is 1.85. The average molecular weight is 349 g/mol. The monoisotopic (exact) mass is 349 g/mol. The molecule has 0 amide bonds. The summed E-state index contributed by atoms with van der Waals surface area (Å²) in [6.07, 6.45) is 10.6. The first kappa shape index (κ1) is 16.6. The minimum absolute atomic E-state index is 0.109. The number of nitriles is 1. The van der Waals surface area contributed by atoms with Gasteiger partial charge in [-0.25, -0.2) is 14.6 Å². The lowest BCUT2D eigenvalue weighted by molar-refractivity contribution is 0.316. The van der Waals surface area contributed by atoms with Crippen molar-refractivity contribution in [2.45, 2.75) is 38.1 Å². The summed E-state index contributed by atoms with van der Waals surface area (Å²) in [6.45, 7) is 0. The molecule has 0 bridgehead atoms. The number of nitrogens with zero attached hydrogens (tertiary/aromatic N) is 6. The van der Waals surface area contributed by atoms with Crippen LogP contribution in [0.2, 0.25) is 0 Å². The van der Waals surface area contributed by atoms with Crippen LogP contribution in [0.4, 0.5) is 5.82 Å². The van der Waals surface area contributed by atoms with E-state index in [1.54, 1.807) is 6.33 Å². The van der Waals surface area contributed by atoms with E-state index in [1.807, 2.05) is 32.6 Å². The van der Waals surface area contributed by atoms with Crippen LogP contribution in [0.15, 0.2) is 24.8 Å². The maximum atomic E-state index is 9.40. The molecule has 3 aromatic rings. The zero-order chi connectivity index (χ0) is 18.1. The van der Waals surface area contributed by atoms with Gasteiger partial charge >= 0.3 is 0 Å². The van der Waals surface area contributed by atoms with E-state index in [1.165, 1.54) is 25.7 Å². The van der Waals surface area contributed by atoms with Crippen molar-refractivity contribution in [1.82, 2.24) is 24.7 Å². The molecule has 1 saturated carbocycles. The van der Waals surface area contributed by atoms with Crippen molar-refractivity contribution in [3.05, 3.63) is 24.8 Å². The van der Waals surface area contributed by atoms with Crippen LogP contribution in [-0.4, -0.2) is 38.8 Å². The fraction of sp³-hybridized carbons (Fsp3) is 0.474. The Morgan fingerprint density at radius 2 is 2.15 bits per heavy atom. The molecular formula is C19H23N7. The predicted octanol–water partition coefficient (Wildman–Crippen LogP) is 3.53. The van der Waals surface area contributed by atoms with E-state index < -0.39 is 0 Å². The fourth-order valence-electron chi connectivity index (χ4n) is 4.19. The minimum atomic E-state index is 0.109. The van der Waals surface area contributed by atoms with E-state index in [0.29, 0.717) is 12.3 Å². The molecule has 0 aromatic carbocycles. The van der Waals surface area contributed by atoms with Gasteiger partial charge in [-0.15, -0.1) is 0 Å². The summed E-state index contributed by atoms with van der Waals surface area (Å²) in [7, 11) is 4.04. The van der Waals surface area contributed by atoms with Crippen LogP contribution < -0.4 is 4.90 Å². The number of fused-ring (bicyclic) bond motifs is 1. The number of nitrogens with one attached hydrogen (secondary N) is 1. The van der Waals surface area contributed by atoms with Gasteiger partial charge in [-0.05, 0) is 24.8 Å². The van der Waals surface area contributed by atoms with E-state index >= 15 is 0 Å². The molecule has 7 nitrogen and oxygen atoms in total. The zero-order valence-corrected chi connectivity index (χ0v) is 15.2. The smallest absolute Gasteiger partial charge is 0.141 e. The molecule has 1 atom stereocenters. The Kier molecular flexibility index (Phi) is 4.33. The lowest BCUT2D eigenvalue weighted by Crippen LogP contribution is -2.23. The molecule has 3 aromatic heterocycles. The van der Waals surface area contributed by atoms with Gasteiger partial charge in [0.2, 0.25) is 0 Å². The summed E-state index contributed by atoms with van der Waals surface area (Å²) in [6, 6.07) is 4.47. The van der Waals surface area contributed by atoms with E-state index in [4.69, 9.17) is 5.10 Å². The van der Waals surface area contributed by atoms with E-state index in [9.17, 15) is 5.26 Å². The van der Waals surface area contributed by atoms with Gasteiger partial charge in [-0.1, -0.05) is 12.8 Å². The first-order valence-corrected chi connectivity index (χ1v) is 9.11. The molecule has 1 aliphatic carbocycles. The van der Waals surface area contributed by atoms with Crippen molar-refractivity contribution < 1.29 is 0 Å². The second-order valence-electron chi connectivity index (χ2n) is 7.16. The summed E-state index contributed by atoms with van der Waals surface area (Å²) in [5.74, 6) is 1.51. The summed E-state index contributed by atoms with van der Waals surface area (Å²) in [5, 5.41) is 15.1. The maximum Gasteiger partial charge on any atom is 0.141 e. The fourth-order valence-corrected chi connectivity index (χ4v) is 4.19. The van der Waals surface area contributed by atoms with Crippen LogP contribution in [0.1, 0.15) is 38.1 Å². The molecule has 26 heavy (non-hydrogen) atoms. The third kappa shape index (κ3) is 2.71. The second kappa shape index (κ2) is 6.79. The van der Waals surface area contributed by atoms with Crippen LogP contribution in [0.25, 0.3) is 22.3 Å². The highest BCUT2D eigenvalue weighted by Crippen LogP contribution is 2.40. The van der Waals surface area contributed by atoms with Crippen molar-refractivity contribution in [1.29, 1.82) is 5.26 Å². The van der Waals surface area contributed by atoms with Crippen LogP contribution in [0, 0.1) is 17.2 Å². The lowest BCUT2D eigenvalue weighted by Gasteiger charge is -2.26. The molecule has 1 fully saturated rings. The largest absolute Gasteiger partial charge is 0.362 e. The van der Waals surface area contributed by atoms with Crippen LogP contribution >= 0.6 is 0 Å². The molecule has 4 rings (SSSR count). The Morgan fingerprint density at radius 3 is 2.88 bits per heavy atom. The number of rotatable bonds is 5. The van der Waals surface area contributed by atoms with Gasteiger partial charge in [0.15, 0.2) is 0 Å². The number of hydrogen-bond donors (Lipinski definition) is 1. The Morgan fingerprint density at radius 1 is 1.35 bits per heavy atom. The normalized spacial score (nSPS) is 16.0. The van der Waals surface area contributed by atoms with E-state index in [0.717, 1.165) is 28.1 Å². The molecule has 3 heterocycles. The highest BCUT2D eigenvalue weighted by atomic mass is 15.4. The van der Waals surface area contributed by atoms with Crippen molar-refractivity contribution >= 4 is 16.9 Å². The van der Waals surface area contributed by atoms with Crippen molar-refractivity contribution in [2.75, 3.05) is 19.0 Å². The van der Waals surface area contributed by atoms with Crippen LogP contribution in [-0.2, 0) is 0 Å². The first-order valence-electron chi connectivity index (χ1n) is 9.11. The summed E-state index contributed by atoms with van der Waals surface area (Å²) in [5.41, 5.74) is 2.66. The standard InChI is InChI=1S/C19H23N7/c1-25(2)19-15(17-14-8-10-21-18(14)23-12-22-17)11-24-26(19)16(7-9-20)13-5-3-4-6-13/h8,10-13,16H,3-7H2,1-2H3,(H,21,22,23)/t16-/m1/s1. The van der Waals surface area contributed by atoms with Crippen LogP contribution in [0.5, 0.6) is 0 Å². The summed E-state index contributed by atoms with van der Waals surface area (Å²) >= 11 is 0. The Hall–Kier alpha value is -2.88. The van der Waals surface area contributed by atoms with Gasteiger partial charge in [-0.2, -0.15) is 10.4 Å². The van der Waals surface area contributed by atoms with Gasteiger partial charge < -0.3 is 9.88 Å². The predicted molar refractivity (Wildman–Crippen MR) is 101 cm³/mol. The molecule has 1 N–H and O–H groups in total. The van der Waals surface area contributed by atoms with Crippen LogP contribution in [0.3, 0.4) is 0 Å². The number of hydrogen-bond acceptors (Lipinski definition) is 5. The molecule has 1 aliphatic rings. The molecule has 0 spiro atoms. The van der Waals surface area contributed by atoms with Crippen molar-refractivity contribution in [3.8, 4) is 17.3 Å². The lowest BCUT2D eigenvalue weighted by atomic mass is 9.96. The summed E-state index contributed by atoms with van der Waals surface area (Å²) < 4.78 is 2.05. The third-order valence-electron chi connectivity index (χ3n) is 5.36. The Bertz CT molecular complexity index is 940. The topological polar surface area (TPSA) is 86.4 Å². The van der Waals surface area contributed by atoms with Gasteiger partial charge in [0.25, 0.3) is 0 Å². The SMILES string of the molecule is CN(C)c1c(-c2ncnc3[nH]ccc23)cnn1[C@H](CC#N)C1CCCC1. The molecule has 134 valence electrons. The average Bonchev–Trinajstić information content (AvgIpc) is 3.39. The molecular weight excluding hydrogens is 326 g/mol. The molecule has 7 heteroatoms. The second-order valence-corrected chi connectivity index (χ2v) is 7.16. The number of aromatic amines is 1. The zero-order valence-electron chi connectivity index (χ0n) is 15.2. The third-order valence-corrected chi connectivity index (χ3v) is 5.36. The number of anilines is 1. The quantitative estimate of drug-likeness (QED) is 0.761. The minimum Gasteiger partial charge on any atom is -0.362 e. The summed E-state index contributed by atoms with van der Waals surface area (Å²) in [4.78, 5) is 14.0. The Labute approximate surface area is 152 Å². The van der Waals surface area contributed by atoms with E-state index in [-0.39, 0.29) is 6.04 Å². The van der Waals surface area contributed by atoms with Gasteiger partial charge in [0.1, 0.15) is 17.8 Å². The van der Waals surface area contributed by atoms with Crippen molar-refractivity contribution in [3.63, 3.8) is 0 Å². The molecule has 0 aliphatic heterocycles. The van der Waals surface area contributed by atoms with E-state index in [2.05, 4.69) is 30.6 Å². The molecule has 0 saturated heterocycles. The molecule has 0 radical (unpaired) electrons. The molecule has 0 unspecified atom stereocenters. The van der Waals surface area contributed by atoms with Gasteiger partial charge in [0.05, 0.1) is 36.0 Å².